The molecule has 74 valence electrons. The Kier molecular flexibility index (Phi) is 3.98. The summed E-state index contributed by atoms with van der Waals surface area (Å²) >= 11 is 8.80. The highest BCUT2D eigenvalue weighted by Gasteiger charge is 1.92. The fourth-order valence-corrected chi connectivity index (χ4v) is 1.22. The molecule has 4 heteroatoms. The average Bonchev–Trinajstić information content (AvgIpc) is 2.48. The maximum absolute atomic E-state index is 8.98. The SMILES string of the molecule is Cn1ccc2ccccc21.O=C(Cl)Cl. The number of fused-ring (bicyclic) bond motifs is 1. The summed E-state index contributed by atoms with van der Waals surface area (Å²) in [4.78, 5) is 8.98. The average molecular weight is 230 g/mol. The van der Waals surface area contributed by atoms with Gasteiger partial charge < -0.3 is 4.57 Å². The van der Waals surface area contributed by atoms with E-state index in [-0.39, 0.29) is 0 Å². The molecule has 0 radical (unpaired) electrons. The number of aromatic nitrogens is 1. The minimum atomic E-state index is -0.889. The predicted octanol–water partition coefficient (Wildman–Crippen LogP) is 3.76. The molecule has 0 aliphatic rings. The van der Waals surface area contributed by atoms with Crippen LogP contribution in [-0.4, -0.2) is 9.27 Å². The number of nitrogens with zero attached hydrogens (tertiary/aromatic N) is 1. The predicted molar refractivity (Wildman–Crippen MR) is 60.0 cm³/mol. The first-order valence-corrected chi connectivity index (χ1v) is 4.72. The van der Waals surface area contributed by atoms with Crippen molar-refractivity contribution in [3.8, 4) is 0 Å². The van der Waals surface area contributed by atoms with Gasteiger partial charge in [-0.2, -0.15) is 0 Å². The molecule has 0 atom stereocenters. The van der Waals surface area contributed by atoms with Crippen LogP contribution in [0.25, 0.3) is 10.9 Å². The number of aryl methyl sites for hydroxylation is 1. The molecule has 1 heterocycles. The van der Waals surface area contributed by atoms with Crippen LogP contribution >= 0.6 is 23.2 Å². The Morgan fingerprint density at radius 1 is 1.21 bits per heavy atom. The van der Waals surface area contributed by atoms with Crippen molar-refractivity contribution in [2.45, 2.75) is 0 Å². The Labute approximate surface area is 92.0 Å². The quantitative estimate of drug-likeness (QED) is 0.631. The number of hydrogen-bond donors (Lipinski definition) is 0. The van der Waals surface area contributed by atoms with Gasteiger partial charge in [-0.15, -0.1) is 0 Å². The van der Waals surface area contributed by atoms with Crippen LogP contribution in [0.4, 0.5) is 4.79 Å². The third kappa shape index (κ3) is 3.05. The van der Waals surface area contributed by atoms with Gasteiger partial charge in [-0.05, 0) is 40.7 Å². The van der Waals surface area contributed by atoms with Crippen LogP contribution in [-0.2, 0) is 7.05 Å². The zero-order valence-corrected chi connectivity index (χ0v) is 9.09. The van der Waals surface area contributed by atoms with Gasteiger partial charge >= 0.3 is 4.70 Å². The van der Waals surface area contributed by atoms with E-state index >= 15 is 0 Å². The molecule has 0 amide bonds. The lowest BCUT2D eigenvalue weighted by Gasteiger charge is -1.92. The van der Waals surface area contributed by atoms with Crippen molar-refractivity contribution in [1.82, 2.24) is 4.57 Å². The molecule has 2 nitrogen and oxygen atoms in total. The van der Waals surface area contributed by atoms with Gasteiger partial charge in [0.1, 0.15) is 0 Å². The molecular weight excluding hydrogens is 221 g/mol. The van der Waals surface area contributed by atoms with Gasteiger partial charge in [0.25, 0.3) is 0 Å². The van der Waals surface area contributed by atoms with E-state index in [1.54, 1.807) is 0 Å². The van der Waals surface area contributed by atoms with Gasteiger partial charge in [-0.1, -0.05) is 18.2 Å². The topological polar surface area (TPSA) is 22.0 Å². The van der Waals surface area contributed by atoms with E-state index in [2.05, 4.69) is 71.3 Å². The maximum Gasteiger partial charge on any atom is 0.313 e. The van der Waals surface area contributed by atoms with Gasteiger partial charge in [0.05, 0.1) is 0 Å². The Morgan fingerprint density at radius 2 is 1.79 bits per heavy atom. The molecule has 14 heavy (non-hydrogen) atoms. The summed E-state index contributed by atoms with van der Waals surface area (Å²) in [6, 6.07) is 10.5. The van der Waals surface area contributed by atoms with Crippen molar-refractivity contribution in [2.75, 3.05) is 0 Å². The van der Waals surface area contributed by atoms with Crippen LogP contribution < -0.4 is 0 Å². The molecule has 0 saturated carbocycles. The van der Waals surface area contributed by atoms with E-state index in [4.69, 9.17) is 4.79 Å². The molecule has 2 rings (SSSR count). The molecule has 0 fully saturated rings. The van der Waals surface area contributed by atoms with Crippen LogP contribution in [0, 0.1) is 0 Å². The Morgan fingerprint density at radius 3 is 2.36 bits per heavy atom. The summed E-state index contributed by atoms with van der Waals surface area (Å²) in [5, 5.41) is 1.31. The number of carbonyl (C=O) groups excluding carboxylic acids is 1. The molecule has 0 aliphatic carbocycles. The van der Waals surface area contributed by atoms with Crippen LogP contribution in [0.2, 0.25) is 0 Å². The molecule has 0 saturated heterocycles. The lowest BCUT2D eigenvalue weighted by Crippen LogP contribution is -1.81. The molecule has 0 bridgehead atoms. The third-order valence-electron chi connectivity index (χ3n) is 1.79. The number of halogens is 2. The van der Waals surface area contributed by atoms with Crippen molar-refractivity contribution < 1.29 is 4.79 Å². The summed E-state index contributed by atoms with van der Waals surface area (Å²) < 4.78 is 1.23. The molecular formula is C10H9Cl2NO. The lowest BCUT2D eigenvalue weighted by molar-refractivity contribution is 0.275. The zero-order valence-electron chi connectivity index (χ0n) is 7.58. The second kappa shape index (κ2) is 5.03. The Hall–Kier alpha value is -0.990. The minimum absolute atomic E-state index is 0.889. The summed E-state index contributed by atoms with van der Waals surface area (Å²) in [7, 11) is 2.06. The van der Waals surface area contributed by atoms with Crippen molar-refractivity contribution in [1.29, 1.82) is 0 Å². The van der Waals surface area contributed by atoms with Crippen molar-refractivity contribution >= 4 is 38.8 Å². The second-order valence-electron chi connectivity index (χ2n) is 2.71. The smallest absolute Gasteiger partial charge is 0.313 e. The van der Waals surface area contributed by atoms with Gasteiger partial charge in [0, 0.05) is 18.8 Å². The van der Waals surface area contributed by atoms with Gasteiger partial charge in [0.15, 0.2) is 0 Å². The van der Waals surface area contributed by atoms with E-state index in [1.807, 2.05) is 0 Å². The molecule has 0 N–H and O–H groups in total. The highest BCUT2D eigenvalue weighted by molar-refractivity contribution is 6.93. The number of rotatable bonds is 0. The first-order valence-electron chi connectivity index (χ1n) is 3.96. The maximum atomic E-state index is 8.98. The zero-order chi connectivity index (χ0) is 10.6. The molecule has 0 spiro atoms. The minimum Gasteiger partial charge on any atom is -0.351 e. The third-order valence-corrected chi connectivity index (χ3v) is 1.79. The lowest BCUT2D eigenvalue weighted by atomic mass is 10.2. The first kappa shape index (κ1) is 11.1. The fourth-order valence-electron chi connectivity index (χ4n) is 1.22. The van der Waals surface area contributed by atoms with Crippen molar-refractivity contribution in [3.05, 3.63) is 36.5 Å². The van der Waals surface area contributed by atoms with Crippen molar-refractivity contribution in [2.24, 2.45) is 7.05 Å². The van der Waals surface area contributed by atoms with Crippen LogP contribution in [0.15, 0.2) is 36.5 Å². The monoisotopic (exact) mass is 229 g/mol. The highest BCUT2D eigenvalue weighted by Crippen LogP contribution is 2.12. The van der Waals surface area contributed by atoms with Gasteiger partial charge in [-0.25, -0.2) is 0 Å². The van der Waals surface area contributed by atoms with E-state index in [0.717, 1.165) is 0 Å². The summed E-state index contributed by atoms with van der Waals surface area (Å²) in [5.74, 6) is 0. The highest BCUT2D eigenvalue weighted by atomic mass is 35.5. The van der Waals surface area contributed by atoms with Crippen LogP contribution in [0.3, 0.4) is 0 Å². The normalized spacial score (nSPS) is 9.36. The molecule has 2 aromatic rings. The van der Waals surface area contributed by atoms with E-state index in [1.165, 1.54) is 10.9 Å². The van der Waals surface area contributed by atoms with Crippen LogP contribution in [0.5, 0.6) is 0 Å². The van der Waals surface area contributed by atoms with Gasteiger partial charge in [0.2, 0.25) is 0 Å². The molecule has 1 aromatic carbocycles. The number of benzene rings is 1. The Balaban J connectivity index is 0.000000213. The summed E-state index contributed by atoms with van der Waals surface area (Å²) in [6.07, 6.45) is 2.07. The molecule has 0 unspecified atom stereocenters. The fraction of sp³-hybridized carbons (Fsp3) is 0.100. The van der Waals surface area contributed by atoms with Crippen LogP contribution in [0.1, 0.15) is 0 Å². The summed E-state index contributed by atoms with van der Waals surface area (Å²) in [5.41, 5.74) is 1.29. The first-order chi connectivity index (χ1) is 6.61. The largest absolute Gasteiger partial charge is 0.351 e. The number of para-hydroxylation sites is 1. The number of hydrogen-bond acceptors (Lipinski definition) is 1. The van der Waals surface area contributed by atoms with E-state index in [9.17, 15) is 0 Å². The van der Waals surface area contributed by atoms with E-state index in [0.29, 0.717) is 0 Å². The second-order valence-corrected chi connectivity index (χ2v) is 3.59. The number of carbonyl (C=O) groups is 1. The van der Waals surface area contributed by atoms with E-state index < -0.39 is 4.70 Å². The molecule has 0 aliphatic heterocycles. The standard InChI is InChI=1S/C9H9N.CCl2O/c1-10-7-6-8-4-2-3-5-9(8)10;2-1(3)4/h2-7H,1H3;. The Bertz CT molecular complexity index is 432. The van der Waals surface area contributed by atoms with Crippen molar-refractivity contribution in [3.63, 3.8) is 0 Å². The summed E-state index contributed by atoms with van der Waals surface area (Å²) in [6.45, 7) is 0. The van der Waals surface area contributed by atoms with Gasteiger partial charge in [-0.3, -0.25) is 4.79 Å². The molecule has 1 aromatic heterocycles.